The van der Waals surface area contributed by atoms with Gasteiger partial charge in [0.25, 0.3) is 0 Å². The van der Waals surface area contributed by atoms with Crippen LogP contribution in [0.2, 0.25) is 0 Å². The van der Waals surface area contributed by atoms with Crippen LogP contribution in [0.4, 0.5) is 4.39 Å². The lowest BCUT2D eigenvalue weighted by molar-refractivity contribution is 0.630. The van der Waals surface area contributed by atoms with E-state index in [1.165, 1.54) is 16.3 Å². The lowest BCUT2D eigenvalue weighted by Gasteiger charge is -2.19. The van der Waals surface area contributed by atoms with E-state index in [1.54, 1.807) is 12.3 Å². The Hall–Kier alpha value is -6.06. The Bertz CT molecular complexity index is 2530. The van der Waals surface area contributed by atoms with Crippen molar-refractivity contribution in [3.05, 3.63) is 170 Å². The first-order valence-corrected chi connectivity index (χ1v) is 15.5. The van der Waals surface area contributed by atoms with Gasteiger partial charge >= 0.3 is 0 Å². The molecule has 0 saturated heterocycles. The molecule has 0 bridgehead atoms. The van der Waals surface area contributed by atoms with Crippen molar-refractivity contribution >= 4 is 43.5 Å². The maximum absolute atomic E-state index is 16.3. The van der Waals surface area contributed by atoms with E-state index in [2.05, 4.69) is 114 Å². The average Bonchev–Trinajstić information content (AvgIpc) is 3.45. The van der Waals surface area contributed by atoms with Gasteiger partial charge in [-0.1, -0.05) is 115 Å². The molecule has 216 valence electrons. The fraction of sp³-hybridized carbons (Fsp3) is 0. The lowest BCUT2D eigenvalue weighted by Crippen LogP contribution is -1.97. The molecule has 0 radical (unpaired) electrons. The van der Waals surface area contributed by atoms with Gasteiger partial charge in [-0.2, -0.15) is 0 Å². The monoisotopic (exact) mass is 590 g/mol. The highest BCUT2D eigenvalue weighted by molar-refractivity contribution is 6.22. The summed E-state index contributed by atoms with van der Waals surface area (Å²) in [6.45, 7) is 0. The molecule has 0 atom stereocenters. The van der Waals surface area contributed by atoms with Crippen LogP contribution >= 0.6 is 0 Å². The number of fused-ring (bicyclic) bond motifs is 5. The number of hydrogen-bond acceptors (Lipinski definition) is 1. The Kier molecular flexibility index (Phi) is 6.04. The summed E-state index contributed by atoms with van der Waals surface area (Å²) >= 11 is 0. The fourth-order valence-electron chi connectivity index (χ4n) is 7.11. The molecule has 9 aromatic rings. The average molecular weight is 591 g/mol. The molecule has 0 N–H and O–H groups in total. The molecule has 0 aliphatic heterocycles. The maximum atomic E-state index is 16.3. The van der Waals surface area contributed by atoms with Crippen LogP contribution in [0.3, 0.4) is 0 Å². The lowest BCUT2D eigenvalue weighted by atomic mass is 9.85. The van der Waals surface area contributed by atoms with Crippen LogP contribution in [-0.4, -0.2) is 9.55 Å². The van der Waals surface area contributed by atoms with Crippen LogP contribution in [0, 0.1) is 5.82 Å². The summed E-state index contributed by atoms with van der Waals surface area (Å²) < 4.78 is 18.4. The topological polar surface area (TPSA) is 17.8 Å². The van der Waals surface area contributed by atoms with E-state index in [9.17, 15) is 0 Å². The van der Waals surface area contributed by atoms with Gasteiger partial charge < -0.3 is 0 Å². The van der Waals surface area contributed by atoms with Crippen LogP contribution in [0.5, 0.6) is 0 Å². The molecule has 0 saturated carbocycles. The molecule has 2 heterocycles. The predicted octanol–water partition coefficient (Wildman–Crippen LogP) is 11.6. The minimum atomic E-state index is -0.274. The molecule has 0 unspecified atom stereocenters. The second kappa shape index (κ2) is 10.5. The summed E-state index contributed by atoms with van der Waals surface area (Å²) in [6, 6.07) is 53.8. The van der Waals surface area contributed by atoms with Crippen LogP contribution in [0.25, 0.3) is 82.5 Å². The standard InChI is InChI=1S/C43H27FN2/c44-39-27-31(46-40-20-10-9-16-33(40)37-19-11-25-45-43(37)46)22-24-32(39)30-21-23-36-38(26-30)42(29-14-5-2-6-15-29)35-18-8-7-17-34(35)41(36)28-12-3-1-4-13-28/h1-27H. The molecular formula is C43H27FN2. The molecule has 0 spiro atoms. The van der Waals surface area contributed by atoms with Crippen LogP contribution < -0.4 is 0 Å². The van der Waals surface area contributed by atoms with E-state index in [4.69, 9.17) is 0 Å². The second-order valence-electron chi connectivity index (χ2n) is 11.7. The van der Waals surface area contributed by atoms with Crippen LogP contribution in [0.15, 0.2) is 164 Å². The van der Waals surface area contributed by atoms with Crippen molar-refractivity contribution < 1.29 is 4.39 Å². The van der Waals surface area contributed by atoms with Gasteiger partial charge in [-0.15, -0.1) is 0 Å². The number of halogens is 1. The number of rotatable bonds is 4. The Morgan fingerprint density at radius 3 is 1.72 bits per heavy atom. The Labute approximate surface area is 265 Å². The maximum Gasteiger partial charge on any atom is 0.145 e. The molecule has 2 aromatic heterocycles. The third-order valence-electron chi connectivity index (χ3n) is 9.10. The largest absolute Gasteiger partial charge is 0.294 e. The number of para-hydroxylation sites is 1. The van der Waals surface area contributed by atoms with Crippen LogP contribution in [-0.2, 0) is 0 Å². The van der Waals surface area contributed by atoms with Gasteiger partial charge in [0.2, 0.25) is 0 Å². The number of benzene rings is 7. The molecule has 9 rings (SSSR count). The second-order valence-corrected chi connectivity index (χ2v) is 11.7. The zero-order valence-electron chi connectivity index (χ0n) is 24.9. The molecule has 0 aliphatic carbocycles. The SMILES string of the molecule is Fc1cc(-n2c3ccccc3c3cccnc32)ccc1-c1ccc2c(-c3ccccc3)c3ccccc3c(-c3ccccc3)c2c1. The number of hydrogen-bond donors (Lipinski definition) is 0. The van der Waals surface area contributed by atoms with Crippen molar-refractivity contribution in [2.24, 2.45) is 0 Å². The molecule has 0 fully saturated rings. The quantitative estimate of drug-likeness (QED) is 0.186. The highest BCUT2D eigenvalue weighted by Gasteiger charge is 2.19. The zero-order chi connectivity index (χ0) is 30.6. The molecule has 3 heteroatoms. The zero-order valence-corrected chi connectivity index (χ0v) is 24.9. The van der Waals surface area contributed by atoms with E-state index in [1.807, 2.05) is 47.0 Å². The predicted molar refractivity (Wildman–Crippen MR) is 190 cm³/mol. The van der Waals surface area contributed by atoms with Crippen molar-refractivity contribution in [1.82, 2.24) is 9.55 Å². The van der Waals surface area contributed by atoms with Gasteiger partial charge in [0.15, 0.2) is 0 Å². The minimum absolute atomic E-state index is 0.274. The van der Waals surface area contributed by atoms with Gasteiger partial charge in [0.05, 0.1) is 11.2 Å². The van der Waals surface area contributed by atoms with Gasteiger partial charge in [0, 0.05) is 22.5 Å². The van der Waals surface area contributed by atoms with E-state index in [-0.39, 0.29) is 5.82 Å². The van der Waals surface area contributed by atoms with Crippen LogP contribution in [0.1, 0.15) is 0 Å². The fourth-order valence-corrected chi connectivity index (χ4v) is 7.11. The summed E-state index contributed by atoms with van der Waals surface area (Å²) in [5, 5.41) is 6.75. The number of pyridine rings is 1. The molecule has 46 heavy (non-hydrogen) atoms. The normalized spacial score (nSPS) is 11.6. The van der Waals surface area contributed by atoms with Gasteiger partial charge in [-0.25, -0.2) is 9.37 Å². The molecule has 7 aromatic carbocycles. The van der Waals surface area contributed by atoms with E-state index in [0.29, 0.717) is 5.56 Å². The summed E-state index contributed by atoms with van der Waals surface area (Å²) in [4.78, 5) is 4.68. The first kappa shape index (κ1) is 26.4. The minimum Gasteiger partial charge on any atom is -0.294 e. The Morgan fingerprint density at radius 1 is 0.435 bits per heavy atom. The van der Waals surface area contributed by atoms with Gasteiger partial charge in [-0.3, -0.25) is 4.57 Å². The van der Waals surface area contributed by atoms with Crippen molar-refractivity contribution in [3.8, 4) is 39.1 Å². The summed E-state index contributed by atoms with van der Waals surface area (Å²) in [5.41, 5.74) is 8.59. The summed E-state index contributed by atoms with van der Waals surface area (Å²) in [6.07, 6.45) is 1.79. The van der Waals surface area contributed by atoms with E-state index in [0.717, 1.165) is 60.6 Å². The third-order valence-corrected chi connectivity index (χ3v) is 9.10. The van der Waals surface area contributed by atoms with Crippen molar-refractivity contribution in [2.75, 3.05) is 0 Å². The van der Waals surface area contributed by atoms with Gasteiger partial charge in [-0.05, 0) is 91.8 Å². The smallest absolute Gasteiger partial charge is 0.145 e. The first-order chi connectivity index (χ1) is 22.8. The Morgan fingerprint density at radius 2 is 1.02 bits per heavy atom. The van der Waals surface area contributed by atoms with Crippen molar-refractivity contribution in [2.45, 2.75) is 0 Å². The molecule has 2 nitrogen and oxygen atoms in total. The summed E-state index contributed by atoms with van der Waals surface area (Å²) in [7, 11) is 0. The van der Waals surface area contributed by atoms with Crippen molar-refractivity contribution in [1.29, 1.82) is 0 Å². The van der Waals surface area contributed by atoms with E-state index >= 15 is 4.39 Å². The molecule has 0 aliphatic rings. The number of nitrogens with zero attached hydrogens (tertiary/aromatic N) is 2. The van der Waals surface area contributed by atoms with E-state index < -0.39 is 0 Å². The first-order valence-electron chi connectivity index (χ1n) is 15.5. The van der Waals surface area contributed by atoms with Gasteiger partial charge in [0.1, 0.15) is 11.5 Å². The number of aromatic nitrogens is 2. The molecular weight excluding hydrogens is 563 g/mol. The highest BCUT2D eigenvalue weighted by Crippen LogP contribution is 2.45. The summed E-state index contributed by atoms with van der Waals surface area (Å²) in [5.74, 6) is -0.274. The molecule has 0 amide bonds. The third kappa shape index (κ3) is 4.06. The van der Waals surface area contributed by atoms with Crippen molar-refractivity contribution in [3.63, 3.8) is 0 Å². The highest BCUT2D eigenvalue weighted by atomic mass is 19.1. The Balaban J connectivity index is 1.29.